The van der Waals surface area contributed by atoms with E-state index in [1.807, 2.05) is 29.7 Å². The molecular formula is C25H25F3N4O2. The van der Waals surface area contributed by atoms with Crippen molar-refractivity contribution in [3.63, 3.8) is 0 Å². The molecule has 0 saturated heterocycles. The molecule has 0 aliphatic heterocycles. The molecule has 178 valence electrons. The average Bonchev–Trinajstić information content (AvgIpc) is 3.18. The summed E-state index contributed by atoms with van der Waals surface area (Å²) >= 11 is 0. The van der Waals surface area contributed by atoms with Crippen molar-refractivity contribution in [3.8, 4) is 0 Å². The highest BCUT2D eigenvalue weighted by Gasteiger charge is 2.32. The Labute approximate surface area is 194 Å². The summed E-state index contributed by atoms with van der Waals surface area (Å²) in [6.45, 7) is 5.44. The van der Waals surface area contributed by atoms with Gasteiger partial charge in [0, 0.05) is 17.6 Å². The van der Waals surface area contributed by atoms with Crippen molar-refractivity contribution in [3.05, 3.63) is 71.8 Å². The van der Waals surface area contributed by atoms with Gasteiger partial charge in [0.05, 0.1) is 16.6 Å². The van der Waals surface area contributed by atoms with Crippen LogP contribution in [-0.2, 0) is 11.0 Å². The molecular weight excluding hydrogens is 445 g/mol. The van der Waals surface area contributed by atoms with Gasteiger partial charge in [-0.05, 0) is 68.5 Å². The zero-order valence-electron chi connectivity index (χ0n) is 18.7. The molecule has 0 radical (unpaired) electrons. The van der Waals surface area contributed by atoms with E-state index in [-0.39, 0.29) is 29.5 Å². The minimum Gasteiger partial charge on any atom is -0.350 e. The van der Waals surface area contributed by atoms with Crippen LogP contribution >= 0.6 is 0 Å². The van der Waals surface area contributed by atoms with Crippen molar-refractivity contribution < 1.29 is 22.8 Å². The first-order valence-corrected chi connectivity index (χ1v) is 11.1. The lowest BCUT2D eigenvalue weighted by molar-refractivity contribution is -0.137. The van der Waals surface area contributed by atoms with E-state index in [1.54, 1.807) is 0 Å². The van der Waals surface area contributed by atoms with Gasteiger partial charge in [0.2, 0.25) is 11.9 Å². The number of anilines is 1. The van der Waals surface area contributed by atoms with E-state index in [2.05, 4.69) is 22.2 Å². The lowest BCUT2D eigenvalue weighted by atomic mass is 9.90. The molecule has 1 saturated carbocycles. The smallest absolute Gasteiger partial charge is 0.350 e. The van der Waals surface area contributed by atoms with Crippen LogP contribution in [0, 0.1) is 6.92 Å². The summed E-state index contributed by atoms with van der Waals surface area (Å²) in [5, 5.41) is 5.67. The second-order valence-corrected chi connectivity index (χ2v) is 8.51. The van der Waals surface area contributed by atoms with E-state index in [1.165, 1.54) is 18.2 Å². The molecule has 1 aliphatic carbocycles. The number of benzene rings is 2. The molecule has 9 heteroatoms. The third kappa shape index (κ3) is 4.83. The van der Waals surface area contributed by atoms with Crippen LogP contribution in [0.2, 0.25) is 0 Å². The topological polar surface area (TPSA) is 76.0 Å². The van der Waals surface area contributed by atoms with E-state index >= 15 is 0 Å². The third-order valence-corrected chi connectivity index (χ3v) is 6.13. The van der Waals surface area contributed by atoms with Gasteiger partial charge in [0.25, 0.3) is 5.91 Å². The van der Waals surface area contributed by atoms with Crippen molar-refractivity contribution in [1.29, 1.82) is 0 Å². The summed E-state index contributed by atoms with van der Waals surface area (Å²) in [7, 11) is 0. The summed E-state index contributed by atoms with van der Waals surface area (Å²) < 4.78 is 41.3. The van der Waals surface area contributed by atoms with Crippen molar-refractivity contribution >= 4 is 28.8 Å². The molecule has 4 rings (SSSR count). The van der Waals surface area contributed by atoms with Gasteiger partial charge in [-0.2, -0.15) is 13.2 Å². The zero-order chi connectivity index (χ0) is 24.5. The van der Waals surface area contributed by atoms with Gasteiger partial charge in [-0.25, -0.2) is 4.98 Å². The average molecular weight is 470 g/mol. The van der Waals surface area contributed by atoms with Crippen LogP contribution in [-0.4, -0.2) is 27.4 Å². The number of rotatable bonds is 5. The lowest BCUT2D eigenvalue weighted by Crippen LogP contribution is -2.38. The number of halogens is 3. The van der Waals surface area contributed by atoms with Gasteiger partial charge in [-0.15, -0.1) is 0 Å². The molecule has 2 N–H and O–H groups in total. The minimum atomic E-state index is -4.55. The number of alkyl halides is 3. The highest BCUT2D eigenvalue weighted by Crippen LogP contribution is 2.36. The summed E-state index contributed by atoms with van der Waals surface area (Å²) in [6, 6.07) is 9.82. The largest absolute Gasteiger partial charge is 0.416 e. The number of carbonyl (C=O) groups excluding carboxylic acids is 2. The molecule has 34 heavy (non-hydrogen) atoms. The number of hydrogen-bond acceptors (Lipinski definition) is 3. The number of imidazole rings is 1. The van der Waals surface area contributed by atoms with Crippen LogP contribution in [0.15, 0.2) is 55.1 Å². The number of nitrogens with one attached hydrogen (secondary N) is 2. The van der Waals surface area contributed by atoms with E-state index in [0.29, 0.717) is 11.9 Å². The maximum atomic E-state index is 13.1. The van der Waals surface area contributed by atoms with Crippen molar-refractivity contribution in [1.82, 2.24) is 14.9 Å². The van der Waals surface area contributed by atoms with Crippen LogP contribution in [0.3, 0.4) is 0 Å². The molecule has 1 aromatic heterocycles. The molecule has 2 amide bonds. The Kier molecular flexibility index (Phi) is 6.45. The molecule has 1 fully saturated rings. The van der Waals surface area contributed by atoms with Gasteiger partial charge in [-0.3, -0.25) is 14.9 Å². The highest BCUT2D eigenvalue weighted by molar-refractivity contribution is 6.04. The van der Waals surface area contributed by atoms with Gasteiger partial charge in [0.1, 0.15) is 0 Å². The minimum absolute atomic E-state index is 0.0577. The second kappa shape index (κ2) is 9.32. The molecule has 0 spiro atoms. The predicted molar refractivity (Wildman–Crippen MR) is 123 cm³/mol. The number of hydrogen-bond donors (Lipinski definition) is 2. The summed E-state index contributed by atoms with van der Waals surface area (Å²) in [6.07, 6.45) is -0.181. The van der Waals surface area contributed by atoms with Crippen LogP contribution in [0.4, 0.5) is 19.1 Å². The fourth-order valence-electron chi connectivity index (χ4n) is 4.56. The van der Waals surface area contributed by atoms with Crippen LogP contribution in [0.5, 0.6) is 0 Å². The quantitative estimate of drug-likeness (QED) is 0.490. The van der Waals surface area contributed by atoms with Crippen LogP contribution in [0.25, 0.3) is 11.0 Å². The Morgan fingerprint density at radius 2 is 1.94 bits per heavy atom. The zero-order valence-corrected chi connectivity index (χ0v) is 18.7. The Balaban J connectivity index is 1.69. The first kappa shape index (κ1) is 23.5. The Morgan fingerprint density at radius 1 is 1.18 bits per heavy atom. The molecule has 2 aromatic carbocycles. The van der Waals surface area contributed by atoms with Crippen molar-refractivity contribution in [2.24, 2.45) is 0 Å². The number of carbonyl (C=O) groups is 2. The number of para-hydroxylation sites is 1. The summed E-state index contributed by atoms with van der Waals surface area (Å²) in [4.78, 5) is 29.4. The number of fused-ring (bicyclic) bond motifs is 1. The lowest BCUT2D eigenvalue weighted by Gasteiger charge is -2.32. The first-order chi connectivity index (χ1) is 16.2. The Morgan fingerprint density at radius 3 is 2.68 bits per heavy atom. The number of nitrogens with zero attached hydrogens (tertiary/aromatic N) is 2. The Bertz CT molecular complexity index is 1250. The van der Waals surface area contributed by atoms with Gasteiger partial charge >= 0.3 is 6.18 Å². The SMILES string of the molecule is C=CC(=O)N[C@H]1CCC[C@H](n2c(NC(=O)c3cccc(C(F)(F)F)c3)nc3cccc(C)c32)C1. The molecule has 0 bridgehead atoms. The standard InChI is InChI=1S/C25H25F3N4O2/c1-3-21(33)29-18-10-6-11-19(14-18)32-22-15(2)7-4-12-20(22)30-24(32)31-23(34)16-8-5-9-17(13-16)25(26,27)28/h3-5,7-9,12-13,18-19H,1,6,10-11,14H2,2H3,(H,29,33)(H,30,31,34)/t18-,19-/m0/s1. The molecule has 3 aromatic rings. The highest BCUT2D eigenvalue weighted by atomic mass is 19.4. The van der Waals surface area contributed by atoms with Gasteiger partial charge < -0.3 is 9.88 Å². The van der Waals surface area contributed by atoms with Crippen LogP contribution < -0.4 is 10.6 Å². The number of aromatic nitrogens is 2. The molecule has 2 atom stereocenters. The number of amides is 2. The monoisotopic (exact) mass is 470 g/mol. The van der Waals surface area contributed by atoms with Crippen molar-refractivity contribution in [2.75, 3.05) is 5.32 Å². The van der Waals surface area contributed by atoms with E-state index in [0.717, 1.165) is 42.5 Å². The number of aryl methyl sites for hydroxylation is 1. The first-order valence-electron chi connectivity index (χ1n) is 11.1. The molecule has 1 heterocycles. The Hall–Kier alpha value is -3.62. The van der Waals surface area contributed by atoms with E-state index < -0.39 is 17.6 Å². The molecule has 0 unspecified atom stereocenters. The van der Waals surface area contributed by atoms with E-state index in [4.69, 9.17) is 0 Å². The van der Waals surface area contributed by atoms with Crippen molar-refractivity contribution in [2.45, 2.75) is 50.9 Å². The summed E-state index contributed by atoms with van der Waals surface area (Å²) in [5.74, 6) is -0.643. The fourth-order valence-corrected chi connectivity index (χ4v) is 4.56. The summed E-state index contributed by atoms with van der Waals surface area (Å²) in [5.41, 5.74) is 1.49. The fraction of sp³-hybridized carbons (Fsp3) is 0.320. The molecule has 1 aliphatic rings. The second-order valence-electron chi connectivity index (χ2n) is 8.51. The maximum absolute atomic E-state index is 13.1. The van der Waals surface area contributed by atoms with Gasteiger partial charge in [-0.1, -0.05) is 24.8 Å². The third-order valence-electron chi connectivity index (χ3n) is 6.13. The normalized spacial score (nSPS) is 18.5. The van der Waals surface area contributed by atoms with E-state index in [9.17, 15) is 22.8 Å². The van der Waals surface area contributed by atoms with Gasteiger partial charge in [0.15, 0.2) is 0 Å². The van der Waals surface area contributed by atoms with Crippen LogP contribution in [0.1, 0.15) is 53.2 Å². The predicted octanol–water partition coefficient (Wildman–Crippen LogP) is 5.40. The maximum Gasteiger partial charge on any atom is 0.416 e. The molecule has 6 nitrogen and oxygen atoms in total.